The van der Waals surface area contributed by atoms with Gasteiger partial charge in [-0.1, -0.05) is 45.0 Å². The molecule has 0 radical (unpaired) electrons. The lowest BCUT2D eigenvalue weighted by Gasteiger charge is -2.23. The van der Waals surface area contributed by atoms with Crippen LogP contribution in [0.5, 0.6) is 0 Å². The molecule has 0 saturated carbocycles. The van der Waals surface area contributed by atoms with Gasteiger partial charge in [0.2, 0.25) is 0 Å². The fraction of sp³-hybridized carbons (Fsp3) is 0.625. The van der Waals surface area contributed by atoms with E-state index in [9.17, 15) is 0 Å². The maximum absolute atomic E-state index is 3.50. The van der Waals surface area contributed by atoms with E-state index < -0.39 is 0 Å². The smallest absolute Gasteiger partial charge is 0.00957 e. The molecule has 0 aromatic heterocycles. The van der Waals surface area contributed by atoms with Crippen LogP contribution in [0, 0.1) is 5.92 Å². The predicted octanol–water partition coefficient (Wildman–Crippen LogP) is 3.53. The normalized spacial score (nSPS) is 25.9. The van der Waals surface area contributed by atoms with Gasteiger partial charge in [0.15, 0.2) is 0 Å². The highest BCUT2D eigenvalue weighted by molar-refractivity contribution is 5.40. The number of hydrogen-bond donors (Lipinski definition) is 1. The molecule has 1 aliphatic carbocycles. The molecule has 1 nitrogen and oxygen atoms in total. The Morgan fingerprint density at radius 2 is 1.82 bits per heavy atom. The summed E-state index contributed by atoms with van der Waals surface area (Å²) in [6.07, 6.45) is 3.99. The molecule has 1 spiro atoms. The molecule has 17 heavy (non-hydrogen) atoms. The van der Waals surface area contributed by atoms with Crippen LogP contribution in [0.15, 0.2) is 24.3 Å². The maximum atomic E-state index is 3.50. The van der Waals surface area contributed by atoms with Crippen molar-refractivity contribution in [3.63, 3.8) is 0 Å². The van der Waals surface area contributed by atoms with E-state index >= 15 is 0 Å². The van der Waals surface area contributed by atoms with Crippen LogP contribution in [-0.2, 0) is 11.8 Å². The molecule has 1 aromatic carbocycles. The molecule has 1 heterocycles. The first-order chi connectivity index (χ1) is 8.14. The lowest BCUT2D eigenvalue weighted by Crippen LogP contribution is -2.25. The number of aryl methyl sites for hydroxylation is 1. The summed E-state index contributed by atoms with van der Waals surface area (Å²) in [4.78, 5) is 0. The first-order valence-corrected chi connectivity index (χ1v) is 6.93. The van der Waals surface area contributed by atoms with Gasteiger partial charge in [-0.2, -0.15) is 0 Å². The Morgan fingerprint density at radius 3 is 2.47 bits per heavy atom. The van der Waals surface area contributed by atoms with Crippen LogP contribution in [-0.4, -0.2) is 13.1 Å². The van der Waals surface area contributed by atoms with Gasteiger partial charge in [-0.05, 0) is 42.9 Å². The minimum atomic E-state index is 0.511. The summed E-state index contributed by atoms with van der Waals surface area (Å²) < 4.78 is 0. The zero-order valence-corrected chi connectivity index (χ0v) is 11.4. The summed E-state index contributed by atoms with van der Waals surface area (Å²) in [6, 6.07) is 8.97. The molecule has 2 aliphatic rings. The third-order valence-electron chi connectivity index (χ3n) is 3.71. The van der Waals surface area contributed by atoms with Gasteiger partial charge >= 0.3 is 0 Å². The molecule has 0 bridgehead atoms. The van der Waals surface area contributed by atoms with E-state index in [1.807, 2.05) is 0 Å². The van der Waals surface area contributed by atoms with Crippen molar-refractivity contribution in [2.24, 2.45) is 5.92 Å². The van der Waals surface area contributed by atoms with Gasteiger partial charge in [0.25, 0.3) is 0 Å². The van der Waals surface area contributed by atoms with E-state index in [1.165, 1.54) is 32.4 Å². The van der Waals surface area contributed by atoms with Gasteiger partial charge in [0.05, 0.1) is 0 Å². The number of benzene rings is 1. The van der Waals surface area contributed by atoms with E-state index in [0.29, 0.717) is 5.41 Å². The van der Waals surface area contributed by atoms with Gasteiger partial charge < -0.3 is 5.32 Å². The third-order valence-corrected chi connectivity index (χ3v) is 3.71. The number of rotatable bonds is 0. The summed E-state index contributed by atoms with van der Waals surface area (Å²) >= 11 is 0. The number of fused-ring (bicyclic) bond motifs is 2. The molecular formula is C16H25N. The highest BCUT2D eigenvalue weighted by atomic mass is 14.9. The van der Waals surface area contributed by atoms with Crippen molar-refractivity contribution in [3.8, 4) is 0 Å². The van der Waals surface area contributed by atoms with Crippen LogP contribution in [0.1, 0.15) is 44.7 Å². The SMILES string of the molecule is CC(C)C.c1ccc2c(c1)CCC21CCNC1. The topological polar surface area (TPSA) is 12.0 Å². The van der Waals surface area contributed by atoms with Crippen molar-refractivity contribution >= 4 is 0 Å². The molecule has 1 unspecified atom stereocenters. The maximum Gasteiger partial charge on any atom is 0.00957 e. The number of hydrogen-bond acceptors (Lipinski definition) is 1. The van der Waals surface area contributed by atoms with E-state index in [1.54, 1.807) is 11.1 Å². The van der Waals surface area contributed by atoms with Gasteiger partial charge in [-0.25, -0.2) is 0 Å². The van der Waals surface area contributed by atoms with Crippen LogP contribution in [0.3, 0.4) is 0 Å². The van der Waals surface area contributed by atoms with Crippen molar-refractivity contribution < 1.29 is 0 Å². The second kappa shape index (κ2) is 5.22. The minimum absolute atomic E-state index is 0.511. The molecule has 1 saturated heterocycles. The van der Waals surface area contributed by atoms with E-state index in [2.05, 4.69) is 50.4 Å². The summed E-state index contributed by atoms with van der Waals surface area (Å²) in [7, 11) is 0. The van der Waals surface area contributed by atoms with E-state index in [4.69, 9.17) is 0 Å². The Balaban J connectivity index is 0.000000239. The molecular weight excluding hydrogens is 206 g/mol. The van der Waals surface area contributed by atoms with E-state index in [-0.39, 0.29) is 0 Å². The Bertz CT molecular complexity index is 359. The standard InChI is InChI=1S/C12H15N.C4H10/c1-2-4-11-10(3-1)5-6-12(11)7-8-13-9-12;1-4(2)3/h1-4,13H,5-9H2;4H,1-3H3. The van der Waals surface area contributed by atoms with Crippen LogP contribution < -0.4 is 5.32 Å². The monoisotopic (exact) mass is 231 g/mol. The summed E-state index contributed by atoms with van der Waals surface area (Å²) in [5, 5.41) is 3.50. The van der Waals surface area contributed by atoms with Gasteiger partial charge in [-0.15, -0.1) is 0 Å². The average Bonchev–Trinajstić information content (AvgIpc) is 2.89. The molecule has 1 aliphatic heterocycles. The van der Waals surface area contributed by atoms with Gasteiger partial charge in [0, 0.05) is 12.0 Å². The quantitative estimate of drug-likeness (QED) is 0.720. The lowest BCUT2D eigenvalue weighted by atomic mass is 9.81. The zero-order valence-electron chi connectivity index (χ0n) is 11.4. The largest absolute Gasteiger partial charge is 0.316 e. The summed E-state index contributed by atoms with van der Waals surface area (Å²) in [5.74, 6) is 0.833. The van der Waals surface area contributed by atoms with Crippen molar-refractivity contribution in [3.05, 3.63) is 35.4 Å². The van der Waals surface area contributed by atoms with E-state index in [0.717, 1.165) is 5.92 Å². The van der Waals surface area contributed by atoms with Crippen molar-refractivity contribution in [1.29, 1.82) is 0 Å². The fourth-order valence-electron chi connectivity index (χ4n) is 2.95. The zero-order chi connectivity index (χ0) is 12.3. The molecule has 1 aromatic rings. The summed E-state index contributed by atoms with van der Waals surface area (Å²) in [5.41, 5.74) is 3.72. The van der Waals surface area contributed by atoms with Crippen LogP contribution in [0.4, 0.5) is 0 Å². The molecule has 3 rings (SSSR count). The molecule has 1 atom stereocenters. The highest BCUT2D eigenvalue weighted by Gasteiger charge is 2.40. The Morgan fingerprint density at radius 1 is 1.12 bits per heavy atom. The van der Waals surface area contributed by atoms with Gasteiger partial charge in [0.1, 0.15) is 0 Å². The first kappa shape index (κ1) is 12.6. The fourth-order valence-corrected chi connectivity index (χ4v) is 2.95. The van der Waals surface area contributed by atoms with Crippen molar-refractivity contribution in [1.82, 2.24) is 5.32 Å². The highest BCUT2D eigenvalue weighted by Crippen LogP contribution is 2.42. The molecule has 1 heteroatoms. The predicted molar refractivity (Wildman–Crippen MR) is 74.4 cm³/mol. The molecule has 1 fully saturated rings. The molecule has 0 amide bonds. The second-order valence-corrected chi connectivity index (χ2v) is 6.10. The number of nitrogens with one attached hydrogen (secondary N) is 1. The Kier molecular flexibility index (Phi) is 3.88. The Hall–Kier alpha value is -0.820. The van der Waals surface area contributed by atoms with Crippen molar-refractivity contribution in [2.45, 2.75) is 45.4 Å². The Labute approximate surface area is 106 Å². The first-order valence-electron chi connectivity index (χ1n) is 6.93. The van der Waals surface area contributed by atoms with Gasteiger partial charge in [-0.3, -0.25) is 0 Å². The van der Waals surface area contributed by atoms with Crippen LogP contribution >= 0.6 is 0 Å². The second-order valence-electron chi connectivity index (χ2n) is 6.10. The third kappa shape index (κ3) is 2.71. The minimum Gasteiger partial charge on any atom is -0.316 e. The molecule has 1 N–H and O–H groups in total. The van der Waals surface area contributed by atoms with Crippen LogP contribution in [0.25, 0.3) is 0 Å². The van der Waals surface area contributed by atoms with Crippen molar-refractivity contribution in [2.75, 3.05) is 13.1 Å². The average molecular weight is 231 g/mol. The molecule has 94 valence electrons. The lowest BCUT2D eigenvalue weighted by molar-refractivity contribution is 0.468. The summed E-state index contributed by atoms with van der Waals surface area (Å²) in [6.45, 7) is 8.90. The van der Waals surface area contributed by atoms with Crippen LogP contribution in [0.2, 0.25) is 0 Å².